The Labute approximate surface area is 94.3 Å². The van der Waals surface area contributed by atoms with E-state index in [9.17, 15) is 0 Å². The van der Waals surface area contributed by atoms with Gasteiger partial charge in [-0.05, 0) is 19.4 Å². The highest BCUT2D eigenvalue weighted by Gasteiger charge is 1.95. The maximum Gasteiger partial charge on any atom is 0.0268 e. The van der Waals surface area contributed by atoms with Crippen molar-refractivity contribution in [2.75, 3.05) is 6.54 Å². The maximum absolute atomic E-state index is 3.78. The third-order valence-electron chi connectivity index (χ3n) is 1.93. The summed E-state index contributed by atoms with van der Waals surface area (Å²) in [6.07, 6.45) is 0. The predicted octanol–water partition coefficient (Wildman–Crippen LogP) is 3.30. The van der Waals surface area contributed by atoms with Gasteiger partial charge in [-0.1, -0.05) is 51.8 Å². The van der Waals surface area contributed by atoms with Crippen LogP contribution in [0, 0.1) is 13.8 Å². The van der Waals surface area contributed by atoms with E-state index in [1.807, 2.05) is 0 Å². The number of aryl methyl sites for hydroxylation is 2. The summed E-state index contributed by atoms with van der Waals surface area (Å²) in [5.41, 5.74) is 3.97. The number of hydrogen-bond acceptors (Lipinski definition) is 1. The Morgan fingerprint density at radius 3 is 2.36 bits per heavy atom. The Balaban J connectivity index is 2.54. The van der Waals surface area contributed by atoms with Crippen LogP contribution in [0.1, 0.15) is 16.7 Å². The molecule has 0 aliphatic heterocycles. The molecule has 0 heterocycles. The van der Waals surface area contributed by atoms with E-state index < -0.39 is 0 Å². The predicted molar refractivity (Wildman–Crippen MR) is 65.7 cm³/mol. The minimum absolute atomic E-state index is 0.812. The van der Waals surface area contributed by atoms with E-state index in [4.69, 9.17) is 0 Å². The summed E-state index contributed by atoms with van der Waals surface area (Å²) in [5, 5.41) is 3.31. The van der Waals surface area contributed by atoms with Crippen molar-refractivity contribution in [3.63, 3.8) is 0 Å². The summed E-state index contributed by atoms with van der Waals surface area (Å²) in [5.74, 6) is 0. The number of halogens is 1. The minimum Gasteiger partial charge on any atom is -0.308 e. The van der Waals surface area contributed by atoms with Gasteiger partial charge in [0.15, 0.2) is 0 Å². The van der Waals surface area contributed by atoms with Crippen LogP contribution in [-0.4, -0.2) is 6.54 Å². The molecular weight excluding hydrogens is 238 g/mol. The van der Waals surface area contributed by atoms with Gasteiger partial charge in [0.1, 0.15) is 0 Å². The molecule has 0 unspecified atom stereocenters. The molecule has 0 aromatic heterocycles. The van der Waals surface area contributed by atoms with Crippen molar-refractivity contribution >= 4 is 15.9 Å². The summed E-state index contributed by atoms with van der Waals surface area (Å²) < 4.78 is 0.988. The second-order valence-corrected chi connectivity index (χ2v) is 4.74. The van der Waals surface area contributed by atoms with Crippen molar-refractivity contribution in [2.24, 2.45) is 0 Å². The highest BCUT2D eigenvalue weighted by molar-refractivity contribution is 9.11. The van der Waals surface area contributed by atoms with Crippen LogP contribution in [-0.2, 0) is 6.54 Å². The quantitative estimate of drug-likeness (QED) is 0.869. The fraction of sp³-hybridized carbons (Fsp3) is 0.333. The topological polar surface area (TPSA) is 12.0 Å². The van der Waals surface area contributed by atoms with Crippen LogP contribution in [0.5, 0.6) is 0 Å². The molecule has 1 aromatic rings. The van der Waals surface area contributed by atoms with Crippen LogP contribution in [0.25, 0.3) is 0 Å². The van der Waals surface area contributed by atoms with Gasteiger partial charge in [0.2, 0.25) is 0 Å². The summed E-state index contributed by atoms with van der Waals surface area (Å²) >= 11 is 3.32. The zero-order valence-electron chi connectivity index (χ0n) is 8.73. The molecule has 1 rings (SSSR count). The van der Waals surface area contributed by atoms with E-state index in [-0.39, 0.29) is 0 Å². The fourth-order valence-corrected chi connectivity index (χ4v) is 1.71. The molecule has 2 heteroatoms. The van der Waals surface area contributed by atoms with Crippen molar-refractivity contribution < 1.29 is 0 Å². The average molecular weight is 254 g/mol. The van der Waals surface area contributed by atoms with Crippen LogP contribution >= 0.6 is 15.9 Å². The summed E-state index contributed by atoms with van der Waals surface area (Å²) in [7, 11) is 0. The summed E-state index contributed by atoms with van der Waals surface area (Å²) in [6, 6.07) is 6.60. The molecule has 0 saturated carbocycles. The second kappa shape index (κ2) is 5.32. The lowest BCUT2D eigenvalue weighted by Gasteiger charge is -2.06. The first-order valence-electron chi connectivity index (χ1n) is 4.69. The van der Waals surface area contributed by atoms with Crippen LogP contribution in [0.15, 0.2) is 29.3 Å². The van der Waals surface area contributed by atoms with E-state index in [1.165, 1.54) is 16.7 Å². The standard InChI is InChI=1S/C12H16BrN/c1-9-4-10(2)6-12(5-9)8-14-7-11(3)13/h4-6,14H,3,7-8H2,1-2H3. The van der Waals surface area contributed by atoms with Gasteiger partial charge in [-0.25, -0.2) is 0 Å². The van der Waals surface area contributed by atoms with Crippen molar-refractivity contribution in [1.29, 1.82) is 0 Å². The van der Waals surface area contributed by atoms with Crippen molar-refractivity contribution in [2.45, 2.75) is 20.4 Å². The van der Waals surface area contributed by atoms with Crippen molar-refractivity contribution in [1.82, 2.24) is 5.32 Å². The summed E-state index contributed by atoms with van der Waals surface area (Å²) in [4.78, 5) is 0. The molecule has 0 saturated heterocycles. The molecule has 76 valence electrons. The first-order chi connectivity index (χ1) is 6.58. The molecule has 0 fully saturated rings. The first-order valence-corrected chi connectivity index (χ1v) is 5.48. The number of benzene rings is 1. The highest BCUT2D eigenvalue weighted by Crippen LogP contribution is 2.08. The number of nitrogens with one attached hydrogen (secondary N) is 1. The Bertz CT molecular complexity index is 311. The SMILES string of the molecule is C=C(Br)CNCc1cc(C)cc(C)c1. The van der Waals surface area contributed by atoms with Crippen LogP contribution < -0.4 is 5.32 Å². The Morgan fingerprint density at radius 2 is 1.86 bits per heavy atom. The van der Waals surface area contributed by atoms with E-state index in [1.54, 1.807) is 0 Å². The fourth-order valence-electron chi connectivity index (χ4n) is 1.51. The van der Waals surface area contributed by atoms with Crippen molar-refractivity contribution in [3.05, 3.63) is 46.0 Å². The lowest BCUT2D eigenvalue weighted by molar-refractivity contribution is 0.756. The molecular formula is C12H16BrN. The van der Waals surface area contributed by atoms with E-state index in [2.05, 4.69) is 59.9 Å². The Morgan fingerprint density at radius 1 is 1.29 bits per heavy atom. The monoisotopic (exact) mass is 253 g/mol. The molecule has 0 spiro atoms. The minimum atomic E-state index is 0.812. The lowest BCUT2D eigenvalue weighted by Crippen LogP contribution is -2.14. The number of hydrogen-bond donors (Lipinski definition) is 1. The molecule has 0 bridgehead atoms. The third-order valence-corrected chi connectivity index (χ3v) is 2.21. The van der Waals surface area contributed by atoms with Gasteiger partial charge in [0.25, 0.3) is 0 Å². The molecule has 14 heavy (non-hydrogen) atoms. The molecule has 0 aliphatic rings. The van der Waals surface area contributed by atoms with Gasteiger partial charge in [-0.2, -0.15) is 0 Å². The molecule has 1 aromatic carbocycles. The third kappa shape index (κ3) is 4.07. The molecule has 1 N–H and O–H groups in total. The Kier molecular flexibility index (Phi) is 4.36. The summed E-state index contributed by atoms with van der Waals surface area (Å²) in [6.45, 7) is 9.73. The van der Waals surface area contributed by atoms with Gasteiger partial charge >= 0.3 is 0 Å². The molecule has 0 atom stereocenters. The van der Waals surface area contributed by atoms with Crippen LogP contribution in [0.3, 0.4) is 0 Å². The van der Waals surface area contributed by atoms with Gasteiger partial charge < -0.3 is 5.32 Å². The number of rotatable bonds is 4. The van der Waals surface area contributed by atoms with E-state index in [0.29, 0.717) is 0 Å². The average Bonchev–Trinajstić information content (AvgIpc) is 2.01. The maximum atomic E-state index is 3.78. The normalized spacial score (nSPS) is 10.2. The van der Waals surface area contributed by atoms with Gasteiger partial charge in [-0.3, -0.25) is 0 Å². The van der Waals surface area contributed by atoms with Crippen LogP contribution in [0.2, 0.25) is 0 Å². The van der Waals surface area contributed by atoms with E-state index >= 15 is 0 Å². The van der Waals surface area contributed by atoms with Gasteiger partial charge in [0, 0.05) is 17.6 Å². The zero-order valence-corrected chi connectivity index (χ0v) is 10.3. The first kappa shape index (κ1) is 11.5. The van der Waals surface area contributed by atoms with Crippen molar-refractivity contribution in [3.8, 4) is 0 Å². The van der Waals surface area contributed by atoms with Crippen LogP contribution in [0.4, 0.5) is 0 Å². The molecule has 0 amide bonds. The van der Waals surface area contributed by atoms with Gasteiger partial charge in [-0.15, -0.1) is 0 Å². The van der Waals surface area contributed by atoms with Gasteiger partial charge in [0.05, 0.1) is 0 Å². The largest absolute Gasteiger partial charge is 0.308 e. The molecule has 1 nitrogen and oxygen atoms in total. The Hall–Kier alpha value is -0.600. The highest BCUT2D eigenvalue weighted by atomic mass is 79.9. The molecule has 0 aliphatic carbocycles. The zero-order chi connectivity index (χ0) is 10.6. The second-order valence-electron chi connectivity index (χ2n) is 3.62. The molecule has 0 radical (unpaired) electrons. The smallest absolute Gasteiger partial charge is 0.0268 e. The van der Waals surface area contributed by atoms with E-state index in [0.717, 1.165) is 17.6 Å². The lowest BCUT2D eigenvalue weighted by atomic mass is 10.1.